The first-order valence-electron chi connectivity index (χ1n) is 10.0. The molecule has 2 aromatic carbocycles. The lowest BCUT2D eigenvalue weighted by molar-refractivity contribution is -0.123. The van der Waals surface area contributed by atoms with Gasteiger partial charge >= 0.3 is 5.97 Å². The molecule has 8 heteroatoms. The fraction of sp³-hybridized carbons (Fsp3) is 0.167. The zero-order chi connectivity index (χ0) is 22.7. The maximum atomic E-state index is 12.5. The zero-order valence-electron chi connectivity index (χ0n) is 17.9. The van der Waals surface area contributed by atoms with Crippen LogP contribution >= 0.6 is 0 Å². The van der Waals surface area contributed by atoms with Gasteiger partial charge in [-0.15, -0.1) is 0 Å². The Hall–Kier alpha value is -4.20. The summed E-state index contributed by atoms with van der Waals surface area (Å²) in [7, 11) is 1.78. The maximum absolute atomic E-state index is 12.5. The number of nitrogens with zero attached hydrogens (tertiary/aromatic N) is 3. The molecule has 0 aliphatic rings. The minimum absolute atomic E-state index is 0.260. The molecule has 0 spiro atoms. The van der Waals surface area contributed by atoms with Gasteiger partial charge in [0.2, 0.25) is 0 Å². The molecule has 1 atom stereocenters. The largest absolute Gasteiger partial charge is 0.457 e. The summed E-state index contributed by atoms with van der Waals surface area (Å²) in [5.41, 5.74) is 2.25. The predicted molar refractivity (Wildman–Crippen MR) is 120 cm³/mol. The second kappa shape index (κ2) is 8.89. The van der Waals surface area contributed by atoms with Crippen LogP contribution < -0.4 is 10.1 Å². The van der Waals surface area contributed by atoms with Crippen molar-refractivity contribution in [2.24, 2.45) is 7.05 Å². The fourth-order valence-corrected chi connectivity index (χ4v) is 3.18. The highest BCUT2D eigenvalue weighted by atomic mass is 16.5. The van der Waals surface area contributed by atoms with Crippen molar-refractivity contribution in [1.82, 2.24) is 14.8 Å². The molecule has 0 saturated heterocycles. The summed E-state index contributed by atoms with van der Waals surface area (Å²) in [5, 5.41) is 7.78. The molecule has 0 unspecified atom stereocenters. The zero-order valence-corrected chi connectivity index (χ0v) is 17.9. The molecule has 0 bridgehead atoms. The molecule has 0 aliphatic carbocycles. The van der Waals surface area contributed by atoms with E-state index in [9.17, 15) is 9.59 Å². The van der Waals surface area contributed by atoms with Gasteiger partial charge < -0.3 is 14.8 Å². The number of aromatic nitrogens is 3. The second-order valence-electron chi connectivity index (χ2n) is 7.28. The number of nitrogens with one attached hydrogen (secondary N) is 1. The lowest BCUT2D eigenvalue weighted by Crippen LogP contribution is -2.30. The number of hydrogen-bond acceptors (Lipinski definition) is 6. The highest BCUT2D eigenvalue weighted by molar-refractivity contribution is 5.98. The van der Waals surface area contributed by atoms with Gasteiger partial charge in [-0.3, -0.25) is 9.48 Å². The van der Waals surface area contributed by atoms with Crippen LogP contribution in [0.2, 0.25) is 0 Å². The molecule has 2 aromatic heterocycles. The van der Waals surface area contributed by atoms with E-state index in [0.717, 1.165) is 16.8 Å². The topological polar surface area (TPSA) is 95.3 Å². The predicted octanol–water partition coefficient (Wildman–Crippen LogP) is 4.25. The highest BCUT2D eigenvalue weighted by Crippen LogP contribution is 2.23. The quantitative estimate of drug-likeness (QED) is 0.460. The number of carbonyl (C=O) groups is 2. The summed E-state index contributed by atoms with van der Waals surface area (Å²) in [4.78, 5) is 29.3. The first-order chi connectivity index (χ1) is 15.4. The summed E-state index contributed by atoms with van der Waals surface area (Å²) in [6.45, 7) is 3.35. The molecule has 0 aliphatic heterocycles. The summed E-state index contributed by atoms with van der Waals surface area (Å²) < 4.78 is 12.7. The summed E-state index contributed by atoms with van der Waals surface area (Å²) >= 11 is 0. The van der Waals surface area contributed by atoms with Crippen molar-refractivity contribution < 1.29 is 19.1 Å². The molecule has 8 nitrogen and oxygen atoms in total. The van der Waals surface area contributed by atoms with E-state index < -0.39 is 18.0 Å². The van der Waals surface area contributed by atoms with Crippen LogP contribution in [0.25, 0.3) is 11.0 Å². The Morgan fingerprint density at radius 3 is 2.44 bits per heavy atom. The molecule has 0 fully saturated rings. The number of ether oxygens (including phenoxy) is 2. The van der Waals surface area contributed by atoms with Crippen molar-refractivity contribution in [3.8, 4) is 11.5 Å². The number of esters is 1. The maximum Gasteiger partial charge on any atom is 0.340 e. The van der Waals surface area contributed by atoms with Crippen molar-refractivity contribution in [2.75, 3.05) is 5.32 Å². The Labute approximate surface area is 184 Å². The van der Waals surface area contributed by atoms with E-state index in [2.05, 4.69) is 15.4 Å². The van der Waals surface area contributed by atoms with E-state index in [1.54, 1.807) is 42.1 Å². The minimum Gasteiger partial charge on any atom is -0.457 e. The van der Waals surface area contributed by atoms with Gasteiger partial charge in [-0.25, -0.2) is 9.78 Å². The third-order valence-corrected chi connectivity index (χ3v) is 4.85. The van der Waals surface area contributed by atoms with Gasteiger partial charge in [-0.05, 0) is 56.3 Å². The number of rotatable bonds is 6. The Bertz CT molecular complexity index is 1270. The van der Waals surface area contributed by atoms with Gasteiger partial charge in [0.1, 0.15) is 11.5 Å². The van der Waals surface area contributed by atoms with Crippen LogP contribution in [0.5, 0.6) is 11.5 Å². The van der Waals surface area contributed by atoms with Crippen LogP contribution in [0, 0.1) is 6.92 Å². The molecular weight excluding hydrogens is 408 g/mol. The highest BCUT2D eigenvalue weighted by Gasteiger charge is 2.20. The summed E-state index contributed by atoms with van der Waals surface area (Å²) in [6, 6.07) is 18.0. The smallest absolute Gasteiger partial charge is 0.340 e. The Morgan fingerprint density at radius 2 is 1.72 bits per heavy atom. The van der Waals surface area contributed by atoms with E-state index in [4.69, 9.17) is 9.47 Å². The van der Waals surface area contributed by atoms with E-state index >= 15 is 0 Å². The molecule has 0 radical (unpaired) electrons. The van der Waals surface area contributed by atoms with Gasteiger partial charge in [0.05, 0.1) is 11.3 Å². The number of carbonyl (C=O) groups excluding carboxylic acids is 2. The number of pyridine rings is 1. The Morgan fingerprint density at radius 1 is 1.03 bits per heavy atom. The molecule has 1 amide bonds. The Kier molecular flexibility index (Phi) is 5.85. The number of hydrogen-bond donors (Lipinski definition) is 1. The van der Waals surface area contributed by atoms with E-state index in [0.29, 0.717) is 17.1 Å². The lowest BCUT2D eigenvalue weighted by atomic mass is 10.2. The van der Waals surface area contributed by atoms with E-state index in [1.807, 2.05) is 37.3 Å². The second-order valence-corrected chi connectivity index (χ2v) is 7.28. The van der Waals surface area contributed by atoms with Crippen LogP contribution in [-0.2, 0) is 16.6 Å². The van der Waals surface area contributed by atoms with Gasteiger partial charge in [0.15, 0.2) is 11.8 Å². The molecule has 4 rings (SSSR count). The van der Waals surface area contributed by atoms with E-state index in [1.165, 1.54) is 13.1 Å². The van der Waals surface area contributed by atoms with Crippen LogP contribution in [0.1, 0.15) is 23.0 Å². The number of amides is 1. The van der Waals surface area contributed by atoms with Crippen molar-refractivity contribution in [2.45, 2.75) is 20.0 Å². The number of fused-ring (bicyclic) bond motifs is 1. The average Bonchev–Trinajstić information content (AvgIpc) is 3.08. The number of aryl methyl sites for hydroxylation is 2. The van der Waals surface area contributed by atoms with Crippen molar-refractivity contribution in [3.05, 3.63) is 78.1 Å². The monoisotopic (exact) mass is 430 g/mol. The summed E-state index contributed by atoms with van der Waals surface area (Å²) in [6.07, 6.45) is 0.426. The standard InChI is InChI=1S/C24H22N4O4/c1-15-21-13-17(14-25-22(21)28(3)27-15)24(30)31-16(2)23(29)26-18-9-11-20(12-10-18)32-19-7-5-4-6-8-19/h4-14,16H,1-3H3,(H,26,29)/t16-/m0/s1. The van der Waals surface area contributed by atoms with Crippen molar-refractivity contribution in [1.29, 1.82) is 0 Å². The van der Waals surface area contributed by atoms with Gasteiger partial charge in [0.25, 0.3) is 5.91 Å². The van der Waals surface area contributed by atoms with Crippen molar-refractivity contribution >= 4 is 28.6 Å². The molecule has 2 heterocycles. The SMILES string of the molecule is Cc1nn(C)c2ncc(C(=O)O[C@@H](C)C(=O)Nc3ccc(Oc4ccccc4)cc3)cc12. The van der Waals surface area contributed by atoms with Crippen molar-refractivity contribution in [3.63, 3.8) is 0 Å². The normalized spacial score (nSPS) is 11.7. The fourth-order valence-electron chi connectivity index (χ4n) is 3.18. The lowest BCUT2D eigenvalue weighted by Gasteiger charge is -2.14. The molecule has 1 N–H and O–H groups in total. The number of anilines is 1. The summed E-state index contributed by atoms with van der Waals surface area (Å²) in [5.74, 6) is 0.292. The third-order valence-electron chi connectivity index (χ3n) is 4.85. The van der Waals surface area contributed by atoms with Gasteiger partial charge in [0, 0.05) is 24.3 Å². The molecule has 32 heavy (non-hydrogen) atoms. The minimum atomic E-state index is -0.992. The average molecular weight is 430 g/mol. The molecule has 0 saturated carbocycles. The molecule has 162 valence electrons. The molecular formula is C24H22N4O4. The van der Waals surface area contributed by atoms with Crippen LogP contribution in [0.15, 0.2) is 66.9 Å². The van der Waals surface area contributed by atoms with E-state index in [-0.39, 0.29) is 5.56 Å². The van der Waals surface area contributed by atoms with Crippen LogP contribution in [0.4, 0.5) is 5.69 Å². The van der Waals surface area contributed by atoms with Crippen LogP contribution in [0.3, 0.4) is 0 Å². The Balaban J connectivity index is 1.36. The molecule has 4 aromatic rings. The number of para-hydroxylation sites is 1. The third kappa shape index (κ3) is 4.59. The van der Waals surface area contributed by atoms with Crippen LogP contribution in [-0.4, -0.2) is 32.7 Å². The number of benzene rings is 2. The van der Waals surface area contributed by atoms with Gasteiger partial charge in [-0.2, -0.15) is 5.10 Å². The van der Waals surface area contributed by atoms with Gasteiger partial charge in [-0.1, -0.05) is 18.2 Å². The first kappa shape index (κ1) is 21.0. The first-order valence-corrected chi connectivity index (χ1v) is 10.0.